The van der Waals surface area contributed by atoms with E-state index in [2.05, 4.69) is 5.32 Å². The first-order valence-electron chi connectivity index (χ1n) is 6.34. The van der Waals surface area contributed by atoms with E-state index in [1.807, 2.05) is 17.5 Å². The fraction of sp³-hybridized carbons (Fsp3) is 0.214. The van der Waals surface area contributed by atoms with Crippen LogP contribution >= 0.6 is 11.3 Å². The lowest BCUT2D eigenvalue weighted by Gasteiger charge is -2.46. The normalized spacial score (nSPS) is 23.1. The summed E-state index contributed by atoms with van der Waals surface area (Å²) in [6, 6.07) is 2.61. The summed E-state index contributed by atoms with van der Waals surface area (Å²) >= 11 is 1.47. The molecular formula is C14H12N2O4S. The molecule has 2 aliphatic heterocycles. The van der Waals surface area contributed by atoms with Gasteiger partial charge < -0.3 is 10.4 Å². The van der Waals surface area contributed by atoms with Gasteiger partial charge in [-0.1, -0.05) is 18.2 Å². The van der Waals surface area contributed by atoms with Gasteiger partial charge in [-0.25, -0.2) is 4.79 Å². The van der Waals surface area contributed by atoms with Crippen LogP contribution in [0.3, 0.4) is 0 Å². The summed E-state index contributed by atoms with van der Waals surface area (Å²) in [5, 5.41) is 13.6. The Balaban J connectivity index is 1.65. The van der Waals surface area contributed by atoms with Crippen molar-refractivity contribution in [3.8, 4) is 0 Å². The molecular weight excluding hydrogens is 292 g/mol. The summed E-state index contributed by atoms with van der Waals surface area (Å²) < 4.78 is 0. The average molecular weight is 304 g/mol. The molecule has 0 unspecified atom stereocenters. The first kappa shape index (κ1) is 13.6. The third-order valence-electron chi connectivity index (χ3n) is 3.42. The Labute approximate surface area is 124 Å². The van der Waals surface area contributed by atoms with Gasteiger partial charge in [0.1, 0.15) is 11.7 Å². The van der Waals surface area contributed by atoms with Crippen molar-refractivity contribution in [1.82, 2.24) is 10.2 Å². The molecule has 0 aliphatic carbocycles. The second-order valence-corrected chi connectivity index (χ2v) is 5.77. The predicted molar refractivity (Wildman–Crippen MR) is 75.4 cm³/mol. The summed E-state index contributed by atoms with van der Waals surface area (Å²) in [6.45, 7) is 0. The molecule has 0 aromatic carbocycles. The van der Waals surface area contributed by atoms with E-state index >= 15 is 0 Å². The number of carboxylic acids is 1. The molecule has 1 aromatic rings. The average Bonchev–Trinajstić information content (AvgIpc) is 2.96. The number of hydrogen-bond donors (Lipinski definition) is 2. The first-order valence-corrected chi connectivity index (χ1v) is 7.22. The molecule has 0 radical (unpaired) electrons. The number of fused-ring (bicyclic) bond motifs is 1. The van der Waals surface area contributed by atoms with Gasteiger partial charge in [-0.05, 0) is 17.5 Å². The van der Waals surface area contributed by atoms with E-state index in [9.17, 15) is 14.4 Å². The summed E-state index contributed by atoms with van der Waals surface area (Å²) in [5.41, 5.74) is -0.0590. The van der Waals surface area contributed by atoms with Gasteiger partial charge in [0.2, 0.25) is 5.91 Å². The number of nitrogens with zero attached hydrogens (tertiary/aromatic N) is 1. The molecule has 3 rings (SSSR count). The molecule has 1 aromatic heterocycles. The van der Waals surface area contributed by atoms with Gasteiger partial charge in [-0.2, -0.15) is 0 Å². The lowest BCUT2D eigenvalue weighted by atomic mass is 9.90. The van der Waals surface area contributed by atoms with Crippen molar-refractivity contribution in [3.05, 3.63) is 46.3 Å². The van der Waals surface area contributed by atoms with Crippen LogP contribution in [0.25, 0.3) is 0 Å². The van der Waals surface area contributed by atoms with Gasteiger partial charge in [0.05, 0.1) is 12.5 Å². The summed E-state index contributed by atoms with van der Waals surface area (Å²) in [6.07, 6.45) is 4.90. The molecule has 3 heterocycles. The number of hydrogen-bond acceptors (Lipinski definition) is 4. The van der Waals surface area contributed by atoms with Crippen LogP contribution in [0, 0.1) is 0 Å². The van der Waals surface area contributed by atoms with Crippen molar-refractivity contribution in [2.24, 2.45) is 0 Å². The van der Waals surface area contributed by atoms with Crippen molar-refractivity contribution in [2.75, 3.05) is 0 Å². The van der Waals surface area contributed by atoms with Crippen LogP contribution in [0.2, 0.25) is 0 Å². The van der Waals surface area contributed by atoms with Crippen LogP contribution in [-0.2, 0) is 20.8 Å². The van der Waals surface area contributed by atoms with Crippen LogP contribution in [-0.4, -0.2) is 39.9 Å². The van der Waals surface area contributed by atoms with E-state index in [-0.39, 0.29) is 18.0 Å². The first-order chi connectivity index (χ1) is 10.1. The van der Waals surface area contributed by atoms with Gasteiger partial charge in [-0.15, -0.1) is 11.3 Å². The highest BCUT2D eigenvalue weighted by Gasteiger charge is 2.50. The molecule has 21 heavy (non-hydrogen) atoms. The van der Waals surface area contributed by atoms with Crippen molar-refractivity contribution < 1.29 is 19.5 Å². The van der Waals surface area contributed by atoms with E-state index in [1.54, 1.807) is 12.2 Å². The van der Waals surface area contributed by atoms with E-state index in [1.165, 1.54) is 22.3 Å². The molecule has 7 heteroatoms. The van der Waals surface area contributed by atoms with Crippen LogP contribution in [0.5, 0.6) is 0 Å². The molecule has 1 saturated heterocycles. The molecule has 0 bridgehead atoms. The fourth-order valence-electron chi connectivity index (χ4n) is 2.44. The SMILES string of the molecule is O=C(Cc1cccs1)N[C@H]1C(=O)N2C(C(=O)O)=CC=C[C@H]12. The zero-order valence-corrected chi connectivity index (χ0v) is 11.7. The quantitative estimate of drug-likeness (QED) is 0.794. The highest BCUT2D eigenvalue weighted by Crippen LogP contribution is 2.29. The van der Waals surface area contributed by atoms with E-state index in [0.717, 1.165) is 4.88 Å². The predicted octanol–water partition coefficient (Wildman–Crippen LogP) is 0.524. The highest BCUT2D eigenvalue weighted by atomic mass is 32.1. The summed E-state index contributed by atoms with van der Waals surface area (Å²) in [5.74, 6) is -1.78. The number of aliphatic carboxylic acids is 1. The fourth-order valence-corrected chi connectivity index (χ4v) is 3.15. The summed E-state index contributed by atoms with van der Waals surface area (Å²) in [4.78, 5) is 37.1. The maximum atomic E-state index is 12.0. The van der Waals surface area contributed by atoms with Gasteiger partial charge in [0, 0.05) is 4.88 Å². The molecule has 2 atom stereocenters. The number of carbonyl (C=O) groups excluding carboxylic acids is 2. The number of amides is 2. The second-order valence-electron chi connectivity index (χ2n) is 4.74. The van der Waals surface area contributed by atoms with Crippen LogP contribution < -0.4 is 5.32 Å². The van der Waals surface area contributed by atoms with Crippen LogP contribution in [0.1, 0.15) is 4.88 Å². The van der Waals surface area contributed by atoms with Gasteiger partial charge in [0.15, 0.2) is 0 Å². The summed E-state index contributed by atoms with van der Waals surface area (Å²) in [7, 11) is 0. The van der Waals surface area contributed by atoms with Crippen LogP contribution in [0.15, 0.2) is 41.4 Å². The van der Waals surface area contributed by atoms with E-state index < -0.39 is 24.0 Å². The number of β-lactam (4-membered cyclic amide) rings is 1. The molecule has 2 aliphatic rings. The Morgan fingerprint density at radius 2 is 2.24 bits per heavy atom. The Morgan fingerprint density at radius 1 is 1.43 bits per heavy atom. The molecule has 6 nitrogen and oxygen atoms in total. The van der Waals surface area contributed by atoms with E-state index in [0.29, 0.717) is 0 Å². The smallest absolute Gasteiger partial charge is 0.352 e. The zero-order valence-electron chi connectivity index (χ0n) is 10.9. The number of nitrogens with one attached hydrogen (secondary N) is 1. The number of rotatable bonds is 4. The number of carbonyl (C=O) groups is 3. The van der Waals surface area contributed by atoms with Crippen molar-refractivity contribution in [3.63, 3.8) is 0 Å². The van der Waals surface area contributed by atoms with Gasteiger partial charge in [0.25, 0.3) is 5.91 Å². The molecule has 2 amide bonds. The van der Waals surface area contributed by atoms with Crippen molar-refractivity contribution in [2.45, 2.75) is 18.5 Å². The highest BCUT2D eigenvalue weighted by molar-refractivity contribution is 7.10. The maximum Gasteiger partial charge on any atom is 0.352 e. The van der Waals surface area contributed by atoms with Crippen molar-refractivity contribution >= 4 is 29.1 Å². The Morgan fingerprint density at radius 3 is 2.90 bits per heavy atom. The minimum absolute atomic E-state index is 0.0590. The second kappa shape index (κ2) is 5.17. The van der Waals surface area contributed by atoms with Gasteiger partial charge >= 0.3 is 5.97 Å². The topological polar surface area (TPSA) is 86.7 Å². The minimum atomic E-state index is -1.15. The van der Waals surface area contributed by atoms with Crippen LogP contribution in [0.4, 0.5) is 0 Å². The Kier molecular flexibility index (Phi) is 3.34. The molecule has 0 spiro atoms. The monoisotopic (exact) mass is 304 g/mol. The number of carboxylic acid groups (broad SMARTS) is 1. The molecule has 108 valence electrons. The molecule has 2 N–H and O–H groups in total. The Bertz CT molecular complexity index is 663. The standard InChI is InChI=1S/C14H12N2O4S/c17-11(7-8-3-2-6-21-8)15-12-9-4-1-5-10(14(19)20)16(9)13(12)18/h1-6,9,12H,7H2,(H,15,17)(H,19,20)/t9-,12-/m1/s1. The number of allylic oxidation sites excluding steroid dienone is 2. The van der Waals surface area contributed by atoms with Crippen molar-refractivity contribution in [1.29, 1.82) is 0 Å². The Hall–Kier alpha value is -2.41. The maximum absolute atomic E-state index is 12.0. The van der Waals surface area contributed by atoms with Gasteiger partial charge in [-0.3, -0.25) is 14.5 Å². The number of thiophene rings is 1. The third-order valence-corrected chi connectivity index (χ3v) is 4.29. The molecule has 1 fully saturated rings. The lowest BCUT2D eigenvalue weighted by Crippen LogP contribution is -2.70. The third kappa shape index (κ3) is 2.36. The molecule has 0 saturated carbocycles. The lowest BCUT2D eigenvalue weighted by molar-refractivity contribution is -0.152. The van der Waals surface area contributed by atoms with E-state index in [4.69, 9.17) is 5.11 Å². The zero-order chi connectivity index (χ0) is 15.0. The minimum Gasteiger partial charge on any atom is -0.477 e. The largest absolute Gasteiger partial charge is 0.477 e.